The number of halogens is 1. The van der Waals surface area contributed by atoms with E-state index in [2.05, 4.69) is 0 Å². The van der Waals surface area contributed by atoms with Gasteiger partial charge in [-0.3, -0.25) is 19.2 Å². The second kappa shape index (κ2) is 11.2. The summed E-state index contributed by atoms with van der Waals surface area (Å²) in [4.78, 5) is 65.8. The third-order valence-corrected chi connectivity index (χ3v) is 7.33. The van der Waals surface area contributed by atoms with Crippen LogP contribution in [-0.4, -0.2) is 46.0 Å². The maximum absolute atomic E-state index is 13.5. The molecule has 39 heavy (non-hydrogen) atoms. The molecule has 1 heterocycles. The maximum Gasteiger partial charge on any atom is 0.343 e. The third-order valence-electron chi connectivity index (χ3n) is 7.07. The summed E-state index contributed by atoms with van der Waals surface area (Å²) >= 11 is 5.97. The van der Waals surface area contributed by atoms with E-state index in [1.165, 1.54) is 48.5 Å². The molecule has 3 aromatic carbocycles. The number of ether oxygens (including phenoxy) is 1. The fraction of sp³-hybridized carbons (Fsp3) is 0.233. The molecule has 5 rings (SSSR count). The predicted octanol–water partition coefficient (Wildman–Crippen LogP) is 4.97. The largest absolute Gasteiger partial charge is 0.423 e. The minimum Gasteiger partial charge on any atom is -0.423 e. The first-order valence-corrected chi connectivity index (χ1v) is 13.1. The van der Waals surface area contributed by atoms with Crippen LogP contribution in [0, 0.1) is 11.8 Å². The Hall–Kier alpha value is -4.30. The van der Waals surface area contributed by atoms with Crippen LogP contribution in [0.4, 0.5) is 0 Å². The average Bonchev–Trinajstić information content (AvgIpc) is 3.22. The molecule has 0 aromatic heterocycles. The van der Waals surface area contributed by atoms with Gasteiger partial charge in [-0.2, -0.15) is 5.01 Å². The van der Waals surface area contributed by atoms with Crippen LogP contribution in [0.2, 0.25) is 5.02 Å². The van der Waals surface area contributed by atoms with E-state index in [0.717, 1.165) is 22.9 Å². The Morgan fingerprint density at radius 2 is 1.33 bits per heavy atom. The molecule has 2 atom stereocenters. The zero-order valence-corrected chi connectivity index (χ0v) is 21.7. The molecule has 2 aliphatic rings. The average molecular weight is 545 g/mol. The molecule has 9 heteroatoms. The SMILES string of the molecule is O=C(CN(C(=O)c1ccc(Cl)cc1)N1C(=O)[C@@H]2CCCC[C@H]2C1=O)c1ccc(OC(=O)c2ccccc2)cc1. The van der Waals surface area contributed by atoms with Crippen molar-refractivity contribution in [2.75, 3.05) is 6.54 Å². The van der Waals surface area contributed by atoms with Gasteiger partial charge in [-0.1, -0.05) is 42.6 Å². The molecule has 8 nitrogen and oxygen atoms in total. The van der Waals surface area contributed by atoms with Gasteiger partial charge in [-0.25, -0.2) is 9.80 Å². The van der Waals surface area contributed by atoms with E-state index in [9.17, 15) is 24.0 Å². The Labute approximate surface area is 230 Å². The highest BCUT2D eigenvalue weighted by molar-refractivity contribution is 6.30. The molecule has 3 aromatic rings. The fourth-order valence-corrected chi connectivity index (χ4v) is 5.16. The predicted molar refractivity (Wildman–Crippen MR) is 142 cm³/mol. The lowest BCUT2D eigenvalue weighted by atomic mass is 9.81. The number of hydrazine groups is 1. The van der Waals surface area contributed by atoms with Crippen LogP contribution in [-0.2, 0) is 9.59 Å². The van der Waals surface area contributed by atoms with Crippen LogP contribution in [0.3, 0.4) is 0 Å². The monoisotopic (exact) mass is 544 g/mol. The minimum absolute atomic E-state index is 0.186. The first-order valence-electron chi connectivity index (χ1n) is 12.7. The minimum atomic E-state index is -0.659. The van der Waals surface area contributed by atoms with Crippen molar-refractivity contribution in [2.24, 2.45) is 11.8 Å². The highest BCUT2D eigenvalue weighted by Crippen LogP contribution is 2.39. The molecule has 198 valence electrons. The summed E-state index contributed by atoms with van der Waals surface area (Å²) in [6.07, 6.45) is 2.82. The highest BCUT2D eigenvalue weighted by Gasteiger charge is 2.51. The molecule has 1 aliphatic carbocycles. The topological polar surface area (TPSA) is 101 Å². The van der Waals surface area contributed by atoms with Gasteiger partial charge in [0.2, 0.25) is 0 Å². The molecule has 1 saturated heterocycles. The van der Waals surface area contributed by atoms with Gasteiger partial charge in [0.15, 0.2) is 5.78 Å². The van der Waals surface area contributed by atoms with Gasteiger partial charge >= 0.3 is 5.97 Å². The molecule has 0 unspecified atom stereocenters. The number of nitrogens with zero attached hydrogens (tertiary/aromatic N) is 2. The Balaban J connectivity index is 1.37. The number of esters is 1. The first kappa shape index (κ1) is 26.3. The molecule has 1 saturated carbocycles. The lowest BCUT2D eigenvalue weighted by Gasteiger charge is -2.30. The Bertz CT molecular complexity index is 1400. The number of fused-ring (bicyclic) bond motifs is 1. The zero-order valence-electron chi connectivity index (χ0n) is 20.9. The van der Waals surface area contributed by atoms with Crippen molar-refractivity contribution in [2.45, 2.75) is 25.7 Å². The molecule has 0 radical (unpaired) electrons. The first-order chi connectivity index (χ1) is 18.8. The summed E-state index contributed by atoms with van der Waals surface area (Å²) in [6.45, 7) is -0.526. The van der Waals surface area contributed by atoms with Crippen molar-refractivity contribution >= 4 is 41.1 Å². The van der Waals surface area contributed by atoms with Crippen molar-refractivity contribution in [3.8, 4) is 5.75 Å². The van der Waals surface area contributed by atoms with E-state index < -0.39 is 47.9 Å². The quantitative estimate of drug-likeness (QED) is 0.180. The lowest BCUT2D eigenvalue weighted by Crippen LogP contribution is -2.52. The summed E-state index contributed by atoms with van der Waals surface area (Å²) in [5.74, 6) is -3.33. The van der Waals surface area contributed by atoms with Crippen molar-refractivity contribution in [1.82, 2.24) is 10.0 Å². The molecule has 3 amide bonds. The van der Waals surface area contributed by atoms with E-state index >= 15 is 0 Å². The van der Waals surface area contributed by atoms with Gasteiger partial charge in [-0.15, -0.1) is 0 Å². The van der Waals surface area contributed by atoms with E-state index in [-0.39, 0.29) is 16.9 Å². The van der Waals surface area contributed by atoms with Crippen LogP contribution in [0.15, 0.2) is 78.9 Å². The van der Waals surface area contributed by atoms with Crippen LogP contribution in [0.25, 0.3) is 0 Å². The van der Waals surface area contributed by atoms with Gasteiger partial charge in [0, 0.05) is 16.1 Å². The number of hydrogen-bond acceptors (Lipinski definition) is 6. The molecule has 0 N–H and O–H groups in total. The molecule has 0 spiro atoms. The van der Waals surface area contributed by atoms with E-state index in [1.807, 2.05) is 0 Å². The van der Waals surface area contributed by atoms with Crippen molar-refractivity contribution in [1.29, 1.82) is 0 Å². The van der Waals surface area contributed by atoms with Crippen LogP contribution in [0.1, 0.15) is 56.8 Å². The number of hydrogen-bond donors (Lipinski definition) is 0. The summed E-state index contributed by atoms with van der Waals surface area (Å²) < 4.78 is 5.36. The lowest BCUT2D eigenvalue weighted by molar-refractivity contribution is -0.154. The van der Waals surface area contributed by atoms with Gasteiger partial charge in [0.25, 0.3) is 17.7 Å². The Morgan fingerprint density at radius 3 is 1.92 bits per heavy atom. The molecule has 1 aliphatic heterocycles. The number of carbonyl (C=O) groups is 5. The number of amides is 3. The molecular weight excluding hydrogens is 520 g/mol. The summed E-state index contributed by atoms with van der Waals surface area (Å²) in [6, 6.07) is 20.4. The van der Waals surface area contributed by atoms with E-state index in [4.69, 9.17) is 16.3 Å². The molecular formula is C30H25ClN2O6. The van der Waals surface area contributed by atoms with Crippen LogP contribution >= 0.6 is 11.6 Å². The molecule has 2 fully saturated rings. The fourth-order valence-electron chi connectivity index (χ4n) is 5.03. The van der Waals surface area contributed by atoms with Gasteiger partial charge in [0.05, 0.1) is 17.4 Å². The van der Waals surface area contributed by atoms with Crippen LogP contribution in [0.5, 0.6) is 5.75 Å². The number of imide groups is 1. The normalized spacial score (nSPS) is 18.4. The number of benzene rings is 3. The van der Waals surface area contributed by atoms with Crippen molar-refractivity contribution in [3.05, 3.63) is 101 Å². The smallest absolute Gasteiger partial charge is 0.343 e. The standard InChI is InChI=1S/C30H25ClN2O6/c31-22-14-10-20(11-15-22)27(35)32(33-28(36)24-8-4-5-9-25(24)29(33)37)18-26(34)19-12-16-23(17-13-19)39-30(38)21-6-2-1-3-7-21/h1-3,6-7,10-17,24-25H,4-5,8-9,18H2/t24-,25-/m1/s1. The Morgan fingerprint density at radius 1 is 0.769 bits per heavy atom. The summed E-state index contributed by atoms with van der Waals surface area (Å²) in [5.41, 5.74) is 0.792. The van der Waals surface area contributed by atoms with Gasteiger partial charge in [0.1, 0.15) is 12.3 Å². The zero-order chi connectivity index (χ0) is 27.5. The van der Waals surface area contributed by atoms with E-state index in [0.29, 0.717) is 23.4 Å². The number of rotatable bonds is 7. The van der Waals surface area contributed by atoms with Crippen molar-refractivity contribution < 1.29 is 28.7 Å². The highest BCUT2D eigenvalue weighted by atomic mass is 35.5. The second-order valence-electron chi connectivity index (χ2n) is 9.56. The second-order valence-corrected chi connectivity index (χ2v) is 9.99. The van der Waals surface area contributed by atoms with Gasteiger partial charge < -0.3 is 4.74 Å². The van der Waals surface area contributed by atoms with Gasteiger partial charge in [-0.05, 0) is 73.5 Å². The third kappa shape index (κ3) is 5.47. The van der Waals surface area contributed by atoms with Crippen molar-refractivity contribution in [3.63, 3.8) is 0 Å². The molecule has 0 bridgehead atoms. The number of Topliss-reactive ketones (excluding diaryl/α,β-unsaturated/α-hetero) is 1. The maximum atomic E-state index is 13.5. The number of ketones is 1. The number of carbonyl (C=O) groups excluding carboxylic acids is 5. The summed E-state index contributed by atoms with van der Waals surface area (Å²) in [7, 11) is 0. The Kier molecular flexibility index (Phi) is 7.56. The summed E-state index contributed by atoms with van der Waals surface area (Å²) in [5, 5.41) is 2.23. The van der Waals surface area contributed by atoms with E-state index in [1.54, 1.807) is 30.3 Å². The van der Waals surface area contributed by atoms with Crippen LogP contribution < -0.4 is 4.74 Å².